The quantitative estimate of drug-likeness (QED) is 0.153. The maximum atomic E-state index is 13.6. The van der Waals surface area contributed by atoms with Crippen LogP contribution < -0.4 is 14.5 Å². The van der Waals surface area contributed by atoms with Gasteiger partial charge in [0.1, 0.15) is 23.7 Å². The first kappa shape index (κ1) is 25.3. The van der Waals surface area contributed by atoms with Crippen LogP contribution in [0.15, 0.2) is 109 Å². The van der Waals surface area contributed by atoms with Gasteiger partial charge in [0.15, 0.2) is 5.11 Å². The number of benzene rings is 4. The molecule has 1 heterocycles. The van der Waals surface area contributed by atoms with Gasteiger partial charge in [-0.1, -0.05) is 66.2 Å². The van der Waals surface area contributed by atoms with E-state index < -0.39 is 11.8 Å². The van der Waals surface area contributed by atoms with Gasteiger partial charge in [0, 0.05) is 0 Å². The number of hydrogen-bond acceptors (Lipinski definition) is 4. The molecule has 5 nitrogen and oxygen atoms in total. The molecule has 2 amide bonds. The molecule has 1 saturated heterocycles. The van der Waals surface area contributed by atoms with Crippen molar-refractivity contribution in [3.63, 3.8) is 0 Å². The second kappa shape index (κ2) is 11.0. The largest absolute Gasteiger partial charge is 0.487 e. The van der Waals surface area contributed by atoms with Gasteiger partial charge >= 0.3 is 0 Å². The molecular weight excluding hydrogens is 523 g/mol. The SMILES string of the molecule is O=C1C(=Cc2ccc(OCc3cccc(F)c3)c(Cl)c2)C(=O)N(c2ccccc2)C(=S)N1c1ccccc1. The van der Waals surface area contributed by atoms with E-state index in [0.29, 0.717) is 28.3 Å². The maximum Gasteiger partial charge on any atom is 0.270 e. The Morgan fingerprint density at radius 3 is 1.95 bits per heavy atom. The van der Waals surface area contributed by atoms with Crippen molar-refractivity contribution in [1.29, 1.82) is 0 Å². The highest BCUT2D eigenvalue weighted by atomic mass is 35.5. The Labute approximate surface area is 229 Å². The molecule has 38 heavy (non-hydrogen) atoms. The first-order valence-corrected chi connectivity index (χ1v) is 12.4. The van der Waals surface area contributed by atoms with Crippen LogP contribution in [0.4, 0.5) is 15.8 Å². The number of ether oxygens (including phenoxy) is 1. The van der Waals surface area contributed by atoms with Crippen LogP contribution in [0.1, 0.15) is 11.1 Å². The summed E-state index contributed by atoms with van der Waals surface area (Å²) >= 11 is 12.1. The summed E-state index contributed by atoms with van der Waals surface area (Å²) in [6, 6.07) is 28.9. The van der Waals surface area contributed by atoms with Crippen LogP contribution in [0.2, 0.25) is 5.02 Å². The molecule has 0 spiro atoms. The molecule has 4 aromatic rings. The van der Waals surface area contributed by atoms with E-state index in [0.717, 1.165) is 0 Å². The number of carbonyl (C=O) groups excluding carboxylic acids is 2. The monoisotopic (exact) mass is 542 g/mol. The Morgan fingerprint density at radius 1 is 0.789 bits per heavy atom. The van der Waals surface area contributed by atoms with Gasteiger partial charge in [-0.15, -0.1) is 0 Å². The Kier molecular flexibility index (Phi) is 7.31. The Morgan fingerprint density at radius 2 is 1.39 bits per heavy atom. The van der Waals surface area contributed by atoms with Crippen molar-refractivity contribution in [3.05, 3.63) is 131 Å². The van der Waals surface area contributed by atoms with E-state index in [1.165, 1.54) is 28.0 Å². The third-order valence-electron chi connectivity index (χ3n) is 5.83. The van der Waals surface area contributed by atoms with Crippen molar-refractivity contribution in [2.24, 2.45) is 0 Å². The number of amides is 2. The van der Waals surface area contributed by atoms with Crippen molar-refractivity contribution in [3.8, 4) is 5.75 Å². The van der Waals surface area contributed by atoms with E-state index in [2.05, 4.69) is 0 Å². The average Bonchev–Trinajstić information content (AvgIpc) is 2.92. The highest BCUT2D eigenvalue weighted by molar-refractivity contribution is 7.81. The number of nitrogens with zero attached hydrogens (tertiary/aromatic N) is 2. The highest BCUT2D eigenvalue weighted by Gasteiger charge is 2.41. The number of carbonyl (C=O) groups is 2. The molecular formula is C30H20ClFN2O3S. The number of hydrogen-bond donors (Lipinski definition) is 0. The van der Waals surface area contributed by atoms with Crippen molar-refractivity contribution >= 4 is 58.2 Å². The fourth-order valence-electron chi connectivity index (χ4n) is 4.02. The molecule has 0 aliphatic carbocycles. The van der Waals surface area contributed by atoms with Crippen LogP contribution in [0.3, 0.4) is 0 Å². The molecule has 0 radical (unpaired) electrons. The Bertz CT molecular complexity index is 1500. The molecule has 0 bridgehead atoms. The van der Waals surface area contributed by atoms with Gasteiger partial charge in [0.05, 0.1) is 16.4 Å². The predicted molar refractivity (Wildman–Crippen MR) is 151 cm³/mol. The van der Waals surface area contributed by atoms with Crippen molar-refractivity contribution in [2.45, 2.75) is 6.61 Å². The second-order valence-corrected chi connectivity index (χ2v) is 9.17. The molecule has 0 unspecified atom stereocenters. The van der Waals surface area contributed by atoms with Crippen molar-refractivity contribution < 1.29 is 18.7 Å². The number of thiocarbonyl (C=S) groups is 1. The highest BCUT2D eigenvalue weighted by Crippen LogP contribution is 2.31. The molecule has 8 heteroatoms. The third kappa shape index (κ3) is 5.20. The van der Waals surface area contributed by atoms with Crippen LogP contribution in [-0.2, 0) is 16.2 Å². The number of para-hydroxylation sites is 2. The molecule has 0 saturated carbocycles. The van der Waals surface area contributed by atoms with Gasteiger partial charge in [-0.2, -0.15) is 0 Å². The predicted octanol–water partition coefficient (Wildman–Crippen LogP) is 6.81. The summed E-state index contributed by atoms with van der Waals surface area (Å²) in [5.74, 6) is -1.05. The van der Waals surface area contributed by atoms with Crippen LogP contribution in [0, 0.1) is 5.82 Å². The Balaban J connectivity index is 1.48. The lowest BCUT2D eigenvalue weighted by molar-refractivity contribution is -0.120. The fourth-order valence-corrected chi connectivity index (χ4v) is 4.64. The van der Waals surface area contributed by atoms with Gasteiger partial charge in [0.25, 0.3) is 11.8 Å². The van der Waals surface area contributed by atoms with Crippen molar-refractivity contribution in [1.82, 2.24) is 0 Å². The normalized spacial score (nSPS) is 13.6. The summed E-state index contributed by atoms with van der Waals surface area (Å²) in [7, 11) is 0. The lowest BCUT2D eigenvalue weighted by Gasteiger charge is -2.36. The molecule has 1 aliphatic rings. The minimum Gasteiger partial charge on any atom is -0.487 e. The molecule has 4 aromatic carbocycles. The molecule has 0 N–H and O–H groups in total. The lowest BCUT2D eigenvalue weighted by Crippen LogP contribution is -2.56. The average molecular weight is 543 g/mol. The van der Waals surface area contributed by atoms with Crippen LogP contribution in [-0.4, -0.2) is 16.9 Å². The molecule has 0 atom stereocenters. The summed E-state index contributed by atoms with van der Waals surface area (Å²) in [4.78, 5) is 29.9. The van der Waals surface area contributed by atoms with E-state index in [1.54, 1.807) is 78.9 Å². The Hall–Kier alpha value is -4.33. The second-order valence-electron chi connectivity index (χ2n) is 8.40. The topological polar surface area (TPSA) is 49.9 Å². The maximum absolute atomic E-state index is 13.6. The smallest absolute Gasteiger partial charge is 0.270 e. The molecule has 188 valence electrons. The van der Waals surface area contributed by atoms with E-state index >= 15 is 0 Å². The van der Waals surface area contributed by atoms with Gasteiger partial charge in [0.2, 0.25) is 0 Å². The zero-order valence-electron chi connectivity index (χ0n) is 19.9. The van der Waals surface area contributed by atoms with E-state index in [9.17, 15) is 14.0 Å². The molecule has 5 rings (SSSR count). The fraction of sp³-hybridized carbons (Fsp3) is 0.0333. The molecule has 1 fully saturated rings. The third-order valence-corrected chi connectivity index (χ3v) is 6.49. The summed E-state index contributed by atoms with van der Waals surface area (Å²) in [6.07, 6.45) is 1.49. The van der Waals surface area contributed by atoms with Crippen LogP contribution >= 0.6 is 23.8 Å². The molecule has 0 aromatic heterocycles. The van der Waals surface area contributed by atoms with Crippen molar-refractivity contribution in [2.75, 3.05) is 9.80 Å². The zero-order chi connectivity index (χ0) is 26.6. The van der Waals surface area contributed by atoms with E-state index in [-0.39, 0.29) is 28.1 Å². The number of halogens is 2. The number of anilines is 2. The van der Waals surface area contributed by atoms with E-state index in [4.69, 9.17) is 28.6 Å². The van der Waals surface area contributed by atoms with Gasteiger partial charge in [-0.25, -0.2) is 4.39 Å². The standard InChI is InChI=1S/C30H20ClFN2O3S/c31-26-18-20(14-15-27(26)37-19-21-8-7-9-22(32)16-21)17-25-28(35)33(23-10-3-1-4-11-23)30(38)34(29(25)36)24-12-5-2-6-13-24/h1-18H,19H2. The lowest BCUT2D eigenvalue weighted by atomic mass is 10.0. The minimum atomic E-state index is -0.541. The summed E-state index contributed by atoms with van der Waals surface area (Å²) < 4.78 is 19.2. The summed E-state index contributed by atoms with van der Waals surface area (Å²) in [5.41, 5.74) is 2.19. The summed E-state index contributed by atoms with van der Waals surface area (Å²) in [6.45, 7) is 0.129. The first-order chi connectivity index (χ1) is 18.4. The first-order valence-electron chi connectivity index (χ1n) is 11.6. The number of rotatable bonds is 6. The zero-order valence-corrected chi connectivity index (χ0v) is 21.5. The minimum absolute atomic E-state index is 0.0636. The van der Waals surface area contributed by atoms with Crippen LogP contribution in [0.5, 0.6) is 5.75 Å². The molecule has 1 aliphatic heterocycles. The van der Waals surface area contributed by atoms with E-state index in [1.807, 2.05) is 12.1 Å². The summed E-state index contributed by atoms with van der Waals surface area (Å²) in [5, 5.41) is 0.343. The van der Waals surface area contributed by atoms with Crippen LogP contribution in [0.25, 0.3) is 6.08 Å². The van der Waals surface area contributed by atoms with Gasteiger partial charge < -0.3 is 4.74 Å². The van der Waals surface area contributed by atoms with Gasteiger partial charge in [-0.05, 0) is 78.0 Å². The van der Waals surface area contributed by atoms with Gasteiger partial charge in [-0.3, -0.25) is 19.4 Å².